The van der Waals surface area contributed by atoms with Gasteiger partial charge in [0.1, 0.15) is 0 Å². The third-order valence-corrected chi connectivity index (χ3v) is 4.98. The molecular weight excluding hydrogens is 270 g/mol. The summed E-state index contributed by atoms with van der Waals surface area (Å²) in [6.45, 7) is 10.7. The van der Waals surface area contributed by atoms with Crippen molar-refractivity contribution in [3.8, 4) is 0 Å². The van der Waals surface area contributed by atoms with Gasteiger partial charge < -0.3 is 10.2 Å². The van der Waals surface area contributed by atoms with Gasteiger partial charge >= 0.3 is 0 Å². The second-order valence-electron chi connectivity index (χ2n) is 6.16. The van der Waals surface area contributed by atoms with Gasteiger partial charge in [-0.3, -0.25) is 4.90 Å². The van der Waals surface area contributed by atoms with Crippen molar-refractivity contribution in [2.75, 3.05) is 50.7 Å². The molecule has 1 atom stereocenters. The second kappa shape index (κ2) is 6.33. The number of benzene rings is 1. The molecule has 1 aromatic rings. The van der Waals surface area contributed by atoms with E-state index in [-0.39, 0.29) is 0 Å². The molecule has 3 rings (SSSR count). The van der Waals surface area contributed by atoms with E-state index in [1.807, 2.05) is 12.1 Å². The Morgan fingerprint density at radius 1 is 1.15 bits per heavy atom. The molecule has 4 heteroatoms. The van der Waals surface area contributed by atoms with Gasteiger partial charge in [0.05, 0.1) is 0 Å². The first-order valence-electron chi connectivity index (χ1n) is 7.66. The van der Waals surface area contributed by atoms with Crippen LogP contribution in [0.25, 0.3) is 0 Å². The maximum absolute atomic E-state index is 5.95. The van der Waals surface area contributed by atoms with E-state index in [9.17, 15) is 0 Å². The molecule has 20 heavy (non-hydrogen) atoms. The summed E-state index contributed by atoms with van der Waals surface area (Å²) in [5, 5.41) is 4.19. The normalized spacial score (nSPS) is 22.6. The van der Waals surface area contributed by atoms with Crippen molar-refractivity contribution in [3.63, 3.8) is 0 Å². The predicted octanol–water partition coefficient (Wildman–Crippen LogP) is 2.32. The molecule has 0 bridgehead atoms. The molecule has 1 N–H and O–H groups in total. The first-order valence-corrected chi connectivity index (χ1v) is 8.04. The van der Waals surface area contributed by atoms with Crippen molar-refractivity contribution in [1.29, 1.82) is 0 Å². The second-order valence-corrected chi connectivity index (χ2v) is 6.60. The van der Waals surface area contributed by atoms with Gasteiger partial charge in [0.15, 0.2) is 0 Å². The number of hydrogen-bond acceptors (Lipinski definition) is 3. The number of nitrogens with one attached hydrogen (secondary N) is 1. The lowest BCUT2D eigenvalue weighted by molar-refractivity contribution is 0.160. The Hall–Kier alpha value is -0.770. The van der Waals surface area contributed by atoms with E-state index in [0.717, 1.165) is 29.9 Å². The van der Waals surface area contributed by atoms with Crippen molar-refractivity contribution < 1.29 is 0 Å². The standard InChI is InChI=1S/C16H24ClN3/c1-13(14-10-18-11-14)12-19-6-8-20(9-7-19)16-4-2-15(17)3-5-16/h2-5,13-14,18H,6-12H2,1H3. The molecule has 0 aliphatic carbocycles. The van der Waals surface area contributed by atoms with Gasteiger partial charge in [-0.15, -0.1) is 0 Å². The summed E-state index contributed by atoms with van der Waals surface area (Å²) in [4.78, 5) is 5.08. The van der Waals surface area contributed by atoms with Gasteiger partial charge in [-0.25, -0.2) is 0 Å². The fourth-order valence-electron chi connectivity index (χ4n) is 3.11. The van der Waals surface area contributed by atoms with Crippen LogP contribution in [-0.2, 0) is 0 Å². The zero-order valence-electron chi connectivity index (χ0n) is 12.2. The van der Waals surface area contributed by atoms with Crippen LogP contribution in [0.4, 0.5) is 5.69 Å². The lowest BCUT2D eigenvalue weighted by Crippen LogP contribution is -2.52. The first-order chi connectivity index (χ1) is 9.72. The predicted molar refractivity (Wildman–Crippen MR) is 85.6 cm³/mol. The van der Waals surface area contributed by atoms with Gasteiger partial charge in [-0.1, -0.05) is 18.5 Å². The smallest absolute Gasteiger partial charge is 0.0407 e. The fourth-order valence-corrected chi connectivity index (χ4v) is 3.24. The Balaban J connectivity index is 1.47. The maximum Gasteiger partial charge on any atom is 0.0407 e. The zero-order valence-corrected chi connectivity index (χ0v) is 12.9. The van der Waals surface area contributed by atoms with Crippen molar-refractivity contribution in [3.05, 3.63) is 29.3 Å². The van der Waals surface area contributed by atoms with Gasteiger partial charge in [0, 0.05) is 43.4 Å². The largest absolute Gasteiger partial charge is 0.369 e. The molecule has 2 heterocycles. The number of nitrogens with zero attached hydrogens (tertiary/aromatic N) is 2. The SMILES string of the molecule is CC(CN1CCN(c2ccc(Cl)cc2)CC1)C1CNC1. The summed E-state index contributed by atoms with van der Waals surface area (Å²) < 4.78 is 0. The molecule has 2 saturated heterocycles. The summed E-state index contributed by atoms with van der Waals surface area (Å²) in [6.07, 6.45) is 0. The molecule has 2 aliphatic rings. The molecule has 3 nitrogen and oxygen atoms in total. The topological polar surface area (TPSA) is 18.5 Å². The van der Waals surface area contributed by atoms with E-state index in [1.165, 1.54) is 38.4 Å². The number of anilines is 1. The van der Waals surface area contributed by atoms with E-state index in [0.29, 0.717) is 0 Å². The van der Waals surface area contributed by atoms with Crippen LogP contribution >= 0.6 is 11.6 Å². The van der Waals surface area contributed by atoms with Gasteiger partial charge in [0.25, 0.3) is 0 Å². The summed E-state index contributed by atoms with van der Waals surface area (Å²) in [6, 6.07) is 8.21. The quantitative estimate of drug-likeness (QED) is 0.919. The minimum atomic E-state index is 0.815. The summed E-state index contributed by atoms with van der Waals surface area (Å²) in [7, 11) is 0. The molecule has 0 spiro atoms. The van der Waals surface area contributed by atoms with Crippen molar-refractivity contribution in [2.45, 2.75) is 6.92 Å². The highest BCUT2D eigenvalue weighted by atomic mass is 35.5. The van der Waals surface area contributed by atoms with Crippen LogP contribution in [0.1, 0.15) is 6.92 Å². The highest BCUT2D eigenvalue weighted by molar-refractivity contribution is 6.30. The summed E-state index contributed by atoms with van der Waals surface area (Å²) >= 11 is 5.95. The van der Waals surface area contributed by atoms with Gasteiger partial charge in [0.2, 0.25) is 0 Å². The Kier molecular flexibility index (Phi) is 4.49. The third-order valence-electron chi connectivity index (χ3n) is 4.73. The number of piperazine rings is 1. The maximum atomic E-state index is 5.95. The van der Waals surface area contributed by atoms with Crippen LogP contribution in [0.5, 0.6) is 0 Å². The van der Waals surface area contributed by atoms with Crippen molar-refractivity contribution in [1.82, 2.24) is 10.2 Å². The molecule has 2 fully saturated rings. The number of hydrogen-bond donors (Lipinski definition) is 1. The number of halogens is 1. The molecule has 110 valence electrons. The van der Waals surface area contributed by atoms with E-state index in [4.69, 9.17) is 11.6 Å². The summed E-state index contributed by atoms with van der Waals surface area (Å²) in [5.74, 6) is 1.71. The number of rotatable bonds is 4. The van der Waals surface area contributed by atoms with Crippen LogP contribution < -0.4 is 10.2 Å². The highest BCUT2D eigenvalue weighted by Crippen LogP contribution is 2.21. The molecule has 0 radical (unpaired) electrons. The van der Waals surface area contributed by atoms with Crippen LogP contribution in [-0.4, -0.2) is 50.7 Å². The van der Waals surface area contributed by atoms with Crippen molar-refractivity contribution >= 4 is 17.3 Å². The first kappa shape index (κ1) is 14.2. The lowest BCUT2D eigenvalue weighted by Gasteiger charge is -2.40. The minimum absolute atomic E-state index is 0.815. The average Bonchev–Trinajstić information content (AvgIpc) is 2.38. The van der Waals surface area contributed by atoms with Gasteiger partial charge in [-0.05, 0) is 49.2 Å². The zero-order chi connectivity index (χ0) is 13.9. The molecule has 0 amide bonds. The molecule has 1 unspecified atom stereocenters. The lowest BCUT2D eigenvalue weighted by atomic mass is 9.88. The van der Waals surface area contributed by atoms with Crippen LogP contribution in [0.3, 0.4) is 0 Å². The van der Waals surface area contributed by atoms with Crippen LogP contribution in [0.2, 0.25) is 5.02 Å². The highest BCUT2D eigenvalue weighted by Gasteiger charge is 2.26. The molecule has 0 aromatic heterocycles. The van der Waals surface area contributed by atoms with E-state index in [2.05, 4.69) is 34.2 Å². The Morgan fingerprint density at radius 2 is 1.80 bits per heavy atom. The molecular formula is C16H24ClN3. The Labute approximate surface area is 126 Å². The third kappa shape index (κ3) is 3.27. The fraction of sp³-hybridized carbons (Fsp3) is 0.625. The van der Waals surface area contributed by atoms with E-state index < -0.39 is 0 Å². The molecule has 2 aliphatic heterocycles. The molecule has 0 saturated carbocycles. The van der Waals surface area contributed by atoms with Crippen LogP contribution in [0, 0.1) is 11.8 Å². The van der Waals surface area contributed by atoms with Crippen molar-refractivity contribution in [2.24, 2.45) is 11.8 Å². The Morgan fingerprint density at radius 3 is 2.35 bits per heavy atom. The van der Waals surface area contributed by atoms with E-state index >= 15 is 0 Å². The minimum Gasteiger partial charge on any atom is -0.369 e. The Bertz CT molecular complexity index is 422. The van der Waals surface area contributed by atoms with E-state index in [1.54, 1.807) is 0 Å². The monoisotopic (exact) mass is 293 g/mol. The molecule has 1 aromatic carbocycles. The van der Waals surface area contributed by atoms with Crippen LogP contribution in [0.15, 0.2) is 24.3 Å². The summed E-state index contributed by atoms with van der Waals surface area (Å²) in [5.41, 5.74) is 1.30. The average molecular weight is 294 g/mol. The van der Waals surface area contributed by atoms with Gasteiger partial charge in [-0.2, -0.15) is 0 Å².